The fraction of sp³-hybridized carbons (Fsp3) is 0. The lowest BCUT2D eigenvalue weighted by Crippen LogP contribution is -1.82. The van der Waals surface area contributed by atoms with Crippen molar-refractivity contribution in [3.8, 4) is 11.1 Å². The van der Waals surface area contributed by atoms with Crippen LogP contribution in [0.1, 0.15) is 0 Å². The Morgan fingerprint density at radius 2 is 0.857 bits per heavy atom. The minimum atomic E-state index is 1.26. The van der Waals surface area contributed by atoms with E-state index in [-0.39, 0.29) is 0 Å². The van der Waals surface area contributed by atoms with Gasteiger partial charge in [0.15, 0.2) is 0 Å². The molecule has 0 saturated carbocycles. The van der Waals surface area contributed by atoms with Crippen LogP contribution in [-0.2, 0) is 0 Å². The van der Waals surface area contributed by atoms with Crippen LogP contribution in [0.15, 0.2) is 109 Å². The van der Waals surface area contributed by atoms with Crippen LogP contribution in [0.3, 0.4) is 0 Å². The molecular formula is C28H18. The van der Waals surface area contributed by atoms with E-state index in [2.05, 4.69) is 109 Å². The lowest BCUT2D eigenvalue weighted by atomic mass is 9.95. The Morgan fingerprint density at radius 1 is 0.286 bits per heavy atom. The number of hydrogen-bond donors (Lipinski definition) is 0. The van der Waals surface area contributed by atoms with Crippen LogP contribution in [-0.4, -0.2) is 0 Å². The molecule has 0 aromatic heterocycles. The summed E-state index contributed by atoms with van der Waals surface area (Å²) in [6.07, 6.45) is 0. The Kier molecular flexibility index (Phi) is 3.27. The van der Waals surface area contributed by atoms with Crippen molar-refractivity contribution < 1.29 is 0 Å². The van der Waals surface area contributed by atoms with E-state index in [0.29, 0.717) is 0 Å². The topological polar surface area (TPSA) is 0 Å². The van der Waals surface area contributed by atoms with E-state index in [4.69, 9.17) is 0 Å². The molecule has 28 heavy (non-hydrogen) atoms. The summed E-state index contributed by atoms with van der Waals surface area (Å²) < 4.78 is 0. The summed E-state index contributed by atoms with van der Waals surface area (Å²) in [7, 11) is 0. The van der Waals surface area contributed by atoms with Crippen molar-refractivity contribution in [1.82, 2.24) is 0 Å². The molecule has 0 radical (unpaired) electrons. The highest BCUT2D eigenvalue weighted by Gasteiger charge is 2.05. The highest BCUT2D eigenvalue weighted by Crippen LogP contribution is 2.32. The molecule has 0 amide bonds. The number of fused-ring (bicyclic) bond motifs is 5. The van der Waals surface area contributed by atoms with Crippen molar-refractivity contribution in [2.75, 3.05) is 0 Å². The molecule has 0 aliphatic heterocycles. The average Bonchev–Trinajstić information content (AvgIpc) is 2.77. The van der Waals surface area contributed by atoms with E-state index in [9.17, 15) is 0 Å². The molecule has 0 unspecified atom stereocenters. The largest absolute Gasteiger partial charge is 0.0616 e. The summed E-state index contributed by atoms with van der Waals surface area (Å²) >= 11 is 0. The molecule has 6 aromatic carbocycles. The van der Waals surface area contributed by atoms with Gasteiger partial charge in [-0.15, -0.1) is 0 Å². The van der Waals surface area contributed by atoms with Crippen molar-refractivity contribution in [2.24, 2.45) is 0 Å². The molecule has 6 rings (SSSR count). The second-order valence-corrected chi connectivity index (χ2v) is 7.48. The maximum atomic E-state index is 2.33. The van der Waals surface area contributed by atoms with Gasteiger partial charge >= 0.3 is 0 Å². The van der Waals surface area contributed by atoms with Gasteiger partial charge in [0, 0.05) is 0 Å². The predicted molar refractivity (Wildman–Crippen MR) is 122 cm³/mol. The summed E-state index contributed by atoms with van der Waals surface area (Å²) in [6, 6.07) is 39.8. The van der Waals surface area contributed by atoms with Crippen molar-refractivity contribution in [1.29, 1.82) is 0 Å². The van der Waals surface area contributed by atoms with E-state index in [1.807, 2.05) is 0 Å². The molecule has 0 aliphatic carbocycles. The number of benzene rings is 6. The smallest absolute Gasteiger partial charge is 0.00990 e. The molecule has 0 atom stereocenters. The third kappa shape index (κ3) is 2.39. The summed E-state index contributed by atoms with van der Waals surface area (Å²) in [5.41, 5.74) is 2.53. The molecule has 6 aromatic rings. The minimum absolute atomic E-state index is 1.26. The molecule has 0 N–H and O–H groups in total. The maximum Gasteiger partial charge on any atom is -0.00990 e. The molecule has 0 heterocycles. The van der Waals surface area contributed by atoms with Gasteiger partial charge in [-0.2, -0.15) is 0 Å². The van der Waals surface area contributed by atoms with E-state index in [0.717, 1.165) is 0 Å². The summed E-state index contributed by atoms with van der Waals surface area (Å²) in [5.74, 6) is 0. The van der Waals surface area contributed by atoms with Crippen LogP contribution in [0, 0.1) is 0 Å². The zero-order valence-corrected chi connectivity index (χ0v) is 15.4. The molecule has 0 saturated heterocycles. The summed E-state index contributed by atoms with van der Waals surface area (Å²) in [4.78, 5) is 0. The first-order chi connectivity index (χ1) is 13.8. The predicted octanol–water partition coefficient (Wildman–Crippen LogP) is 7.97. The molecule has 130 valence electrons. The molecule has 0 fully saturated rings. The fourth-order valence-electron chi connectivity index (χ4n) is 4.30. The van der Waals surface area contributed by atoms with Crippen LogP contribution < -0.4 is 0 Å². The SMILES string of the molecule is c1ccc2cc(-c3ccc4cc5c(ccc6ccccc65)cc4c3)ccc2c1. The van der Waals surface area contributed by atoms with Crippen LogP contribution in [0.2, 0.25) is 0 Å². The van der Waals surface area contributed by atoms with Crippen molar-refractivity contribution >= 4 is 43.1 Å². The first kappa shape index (κ1) is 15.4. The Hall–Kier alpha value is -3.64. The minimum Gasteiger partial charge on any atom is -0.0616 e. The van der Waals surface area contributed by atoms with Crippen LogP contribution in [0.5, 0.6) is 0 Å². The van der Waals surface area contributed by atoms with Gasteiger partial charge in [0.05, 0.1) is 0 Å². The van der Waals surface area contributed by atoms with E-state index in [1.54, 1.807) is 0 Å². The Bertz CT molecular complexity index is 1510. The lowest BCUT2D eigenvalue weighted by Gasteiger charge is -2.09. The monoisotopic (exact) mass is 354 g/mol. The van der Waals surface area contributed by atoms with Crippen molar-refractivity contribution in [3.05, 3.63) is 109 Å². The van der Waals surface area contributed by atoms with E-state index >= 15 is 0 Å². The molecule has 0 heteroatoms. The Balaban J connectivity index is 1.57. The first-order valence-electron chi connectivity index (χ1n) is 9.70. The lowest BCUT2D eigenvalue weighted by molar-refractivity contribution is 1.68. The maximum absolute atomic E-state index is 2.33. The van der Waals surface area contributed by atoms with Crippen molar-refractivity contribution in [2.45, 2.75) is 0 Å². The zero-order valence-electron chi connectivity index (χ0n) is 15.4. The quantitative estimate of drug-likeness (QED) is 0.207. The molecule has 0 aliphatic rings. The average molecular weight is 354 g/mol. The zero-order chi connectivity index (χ0) is 18.5. The van der Waals surface area contributed by atoms with Gasteiger partial charge in [-0.25, -0.2) is 0 Å². The standard InChI is InChI=1S/C28H18/c1-2-7-21-15-22(11-9-19(21)5-1)23-12-13-24-18-28-25(17-26(24)16-23)14-10-20-6-3-4-8-27(20)28/h1-18H. The normalized spacial score (nSPS) is 11.6. The molecular weight excluding hydrogens is 336 g/mol. The summed E-state index contributed by atoms with van der Waals surface area (Å²) in [6.45, 7) is 0. The summed E-state index contributed by atoms with van der Waals surface area (Å²) in [5, 5.41) is 10.4. The second-order valence-electron chi connectivity index (χ2n) is 7.48. The third-order valence-electron chi connectivity index (χ3n) is 5.78. The fourth-order valence-corrected chi connectivity index (χ4v) is 4.30. The van der Waals surface area contributed by atoms with Gasteiger partial charge in [-0.1, -0.05) is 84.9 Å². The van der Waals surface area contributed by atoms with Gasteiger partial charge in [0.25, 0.3) is 0 Å². The molecule has 0 nitrogen and oxygen atoms in total. The Morgan fingerprint density at radius 3 is 1.71 bits per heavy atom. The van der Waals surface area contributed by atoms with Crippen LogP contribution >= 0.6 is 0 Å². The first-order valence-corrected chi connectivity index (χ1v) is 9.70. The third-order valence-corrected chi connectivity index (χ3v) is 5.78. The molecule has 0 bridgehead atoms. The highest BCUT2D eigenvalue weighted by molar-refractivity contribution is 6.12. The van der Waals surface area contributed by atoms with Gasteiger partial charge in [0.2, 0.25) is 0 Å². The van der Waals surface area contributed by atoms with Crippen LogP contribution in [0.25, 0.3) is 54.2 Å². The van der Waals surface area contributed by atoms with Gasteiger partial charge < -0.3 is 0 Å². The Labute approximate surface area is 163 Å². The van der Waals surface area contributed by atoms with E-state index < -0.39 is 0 Å². The van der Waals surface area contributed by atoms with Gasteiger partial charge in [-0.3, -0.25) is 0 Å². The van der Waals surface area contributed by atoms with Crippen LogP contribution in [0.4, 0.5) is 0 Å². The van der Waals surface area contributed by atoms with Gasteiger partial charge in [0.1, 0.15) is 0 Å². The van der Waals surface area contributed by atoms with Crippen molar-refractivity contribution in [3.63, 3.8) is 0 Å². The van der Waals surface area contributed by atoms with E-state index in [1.165, 1.54) is 54.2 Å². The molecule has 0 spiro atoms. The van der Waals surface area contributed by atoms with Gasteiger partial charge in [-0.05, 0) is 78.5 Å². The number of hydrogen-bond acceptors (Lipinski definition) is 0. The number of rotatable bonds is 1. The highest BCUT2D eigenvalue weighted by atomic mass is 14.1. The second kappa shape index (κ2) is 5.94.